The Hall–Kier alpha value is -1.90. The van der Waals surface area contributed by atoms with Crippen molar-refractivity contribution in [3.8, 4) is 5.75 Å². The van der Waals surface area contributed by atoms with E-state index in [1.165, 1.54) is 12.1 Å². The third-order valence-electron chi connectivity index (χ3n) is 8.59. The summed E-state index contributed by atoms with van der Waals surface area (Å²) >= 11 is 0. The first kappa shape index (κ1) is 31.0. The quantitative estimate of drug-likeness (QED) is 0.250. The molecule has 0 bridgehead atoms. The van der Waals surface area contributed by atoms with Gasteiger partial charge in [0.2, 0.25) is 0 Å². The van der Waals surface area contributed by atoms with Crippen molar-refractivity contribution in [3.63, 3.8) is 0 Å². The number of hydrogen-bond acceptors (Lipinski definition) is 6. The molecule has 222 valence electrons. The highest BCUT2D eigenvalue weighted by Crippen LogP contribution is 2.45. The zero-order chi connectivity index (χ0) is 29.5. The van der Waals surface area contributed by atoms with Crippen LogP contribution in [0.4, 0.5) is 0 Å². The van der Waals surface area contributed by atoms with Crippen LogP contribution in [0.3, 0.4) is 0 Å². The summed E-state index contributed by atoms with van der Waals surface area (Å²) in [7, 11) is -9.02. The van der Waals surface area contributed by atoms with E-state index >= 15 is 0 Å². The highest BCUT2D eigenvalue weighted by Gasteiger charge is 2.31. The molecule has 0 aliphatic heterocycles. The van der Waals surface area contributed by atoms with Gasteiger partial charge in [-0.3, -0.25) is 0 Å². The summed E-state index contributed by atoms with van der Waals surface area (Å²) in [6.07, 6.45) is 8.99. The third kappa shape index (κ3) is 7.11. The lowest BCUT2D eigenvalue weighted by atomic mass is 9.79. The van der Waals surface area contributed by atoms with Gasteiger partial charge in [0.15, 0.2) is 0 Å². The van der Waals surface area contributed by atoms with Crippen molar-refractivity contribution in [2.75, 3.05) is 0 Å². The largest absolute Gasteiger partial charge is 0.744 e. The lowest BCUT2D eigenvalue weighted by Crippen LogP contribution is -2.20. The van der Waals surface area contributed by atoms with E-state index in [2.05, 4.69) is 6.07 Å². The molecule has 2 saturated carbocycles. The van der Waals surface area contributed by atoms with Crippen molar-refractivity contribution < 1.29 is 25.6 Å². The second-order valence-corrected chi connectivity index (χ2v) is 16.7. The summed E-state index contributed by atoms with van der Waals surface area (Å²) in [6.45, 7) is 12.3. The first-order chi connectivity index (χ1) is 18.5. The van der Waals surface area contributed by atoms with Crippen molar-refractivity contribution >= 4 is 20.2 Å². The third-order valence-corrected chi connectivity index (χ3v) is 10.8. The molecule has 0 radical (unpaired) electrons. The second kappa shape index (κ2) is 11.4. The lowest BCUT2D eigenvalue weighted by Gasteiger charge is -2.31. The van der Waals surface area contributed by atoms with Crippen LogP contribution in [0.5, 0.6) is 5.75 Å². The molecule has 0 aromatic heterocycles. The predicted octanol–water partition coefficient (Wildman–Crippen LogP) is 8.05. The average Bonchev–Trinajstić information content (AvgIpc) is 2.87. The van der Waals surface area contributed by atoms with Crippen LogP contribution in [0.15, 0.2) is 40.1 Å². The van der Waals surface area contributed by atoms with Gasteiger partial charge in [0.1, 0.15) is 20.8 Å². The number of benzene rings is 2. The molecular formula is C32H45O6S2-. The molecule has 0 spiro atoms. The molecule has 8 heteroatoms. The zero-order valence-electron chi connectivity index (χ0n) is 24.9. The maximum atomic E-state index is 13.8. The summed E-state index contributed by atoms with van der Waals surface area (Å²) in [5.74, 6) is -0.136. The van der Waals surface area contributed by atoms with E-state index < -0.39 is 20.2 Å². The molecule has 0 saturated heterocycles. The molecule has 0 atom stereocenters. The standard InChI is InChI=1S/C32H46O6S2/c1-31(2,3)24-17-25(32(4,5)6)19-27(18-24)40(36,37)38-26-20-28(22-13-9-7-10-14-22)30(39(33,34)35)29(21-26)23-15-11-8-12-16-23/h17-23H,7-16H2,1-6H3,(H,33,34,35)/p-1. The molecule has 0 amide bonds. The minimum absolute atomic E-state index is 0.0730. The Balaban J connectivity index is 1.87. The molecular weight excluding hydrogens is 544 g/mol. The van der Waals surface area contributed by atoms with Gasteiger partial charge in [-0.2, -0.15) is 8.42 Å². The summed E-state index contributed by atoms with van der Waals surface area (Å²) in [4.78, 5) is -0.0652. The zero-order valence-corrected chi connectivity index (χ0v) is 26.5. The van der Waals surface area contributed by atoms with Gasteiger partial charge in [-0.15, -0.1) is 0 Å². The summed E-state index contributed by atoms with van der Waals surface area (Å²) < 4.78 is 71.6. The Kier molecular flexibility index (Phi) is 8.85. The van der Waals surface area contributed by atoms with Crippen molar-refractivity contribution in [2.24, 2.45) is 0 Å². The monoisotopic (exact) mass is 589 g/mol. The SMILES string of the molecule is CC(C)(C)c1cc(C(C)(C)C)cc(S(=O)(=O)Oc2cc(C3CCCCC3)c(S(=O)(=O)[O-])c(C3CCCCC3)c2)c1. The highest BCUT2D eigenvalue weighted by atomic mass is 32.2. The Labute approximate surface area is 241 Å². The maximum absolute atomic E-state index is 13.8. The van der Waals surface area contributed by atoms with Crippen LogP contribution >= 0.6 is 0 Å². The van der Waals surface area contributed by atoms with Crippen LogP contribution in [0.1, 0.15) is 140 Å². The van der Waals surface area contributed by atoms with Gasteiger partial charge in [0.05, 0.1) is 4.90 Å². The van der Waals surface area contributed by atoms with E-state index in [0.29, 0.717) is 11.1 Å². The van der Waals surface area contributed by atoms with Gasteiger partial charge >= 0.3 is 10.1 Å². The van der Waals surface area contributed by atoms with E-state index in [9.17, 15) is 21.4 Å². The van der Waals surface area contributed by atoms with Gasteiger partial charge in [-0.1, -0.05) is 86.1 Å². The van der Waals surface area contributed by atoms with Gasteiger partial charge in [0.25, 0.3) is 0 Å². The fourth-order valence-corrected chi connectivity index (χ4v) is 8.22. The fraction of sp³-hybridized carbons (Fsp3) is 0.625. The minimum Gasteiger partial charge on any atom is -0.744 e. The van der Waals surface area contributed by atoms with Gasteiger partial charge < -0.3 is 8.74 Å². The molecule has 4 rings (SSSR count). The normalized spacial score (nSPS) is 18.6. The van der Waals surface area contributed by atoms with Crippen molar-refractivity contribution in [1.29, 1.82) is 0 Å². The average molecular weight is 590 g/mol. The van der Waals surface area contributed by atoms with Crippen LogP contribution in [0.2, 0.25) is 0 Å². The molecule has 0 N–H and O–H groups in total. The smallest absolute Gasteiger partial charge is 0.339 e. The first-order valence-electron chi connectivity index (χ1n) is 14.7. The van der Waals surface area contributed by atoms with E-state index in [0.717, 1.165) is 75.3 Å². The van der Waals surface area contributed by atoms with E-state index in [1.54, 1.807) is 12.1 Å². The van der Waals surface area contributed by atoms with Gasteiger partial charge in [0, 0.05) is 0 Å². The topological polar surface area (TPSA) is 101 Å². The summed E-state index contributed by atoms with van der Waals surface area (Å²) in [5.41, 5.74) is 2.08. The molecule has 40 heavy (non-hydrogen) atoms. The van der Waals surface area contributed by atoms with E-state index in [1.807, 2.05) is 41.5 Å². The predicted molar refractivity (Wildman–Crippen MR) is 158 cm³/mol. The molecule has 2 fully saturated rings. The van der Waals surface area contributed by atoms with Gasteiger partial charge in [-0.25, -0.2) is 8.42 Å². The molecule has 2 aromatic carbocycles. The summed E-state index contributed by atoms with van der Waals surface area (Å²) in [5, 5.41) is 0. The molecule has 6 nitrogen and oxygen atoms in total. The summed E-state index contributed by atoms with van der Waals surface area (Å²) in [6, 6.07) is 8.43. The Morgan fingerprint density at radius 3 is 1.40 bits per heavy atom. The number of rotatable bonds is 6. The van der Waals surface area contributed by atoms with Crippen LogP contribution < -0.4 is 4.18 Å². The van der Waals surface area contributed by atoms with Crippen molar-refractivity contribution in [3.05, 3.63) is 52.6 Å². The molecule has 2 aliphatic carbocycles. The van der Waals surface area contributed by atoms with E-state index in [4.69, 9.17) is 4.18 Å². The van der Waals surface area contributed by atoms with Crippen LogP contribution in [0.25, 0.3) is 0 Å². The van der Waals surface area contributed by atoms with E-state index in [-0.39, 0.29) is 38.2 Å². The minimum atomic E-state index is -4.77. The van der Waals surface area contributed by atoms with Crippen LogP contribution in [-0.4, -0.2) is 21.4 Å². The van der Waals surface area contributed by atoms with Gasteiger partial charge in [-0.05, 0) is 94.9 Å². The van der Waals surface area contributed by atoms with Crippen LogP contribution in [0, 0.1) is 0 Å². The highest BCUT2D eigenvalue weighted by molar-refractivity contribution is 7.87. The molecule has 2 aromatic rings. The van der Waals surface area contributed by atoms with Crippen molar-refractivity contribution in [2.45, 2.75) is 138 Å². The lowest BCUT2D eigenvalue weighted by molar-refractivity contribution is 0.413. The Morgan fingerprint density at radius 2 is 1.05 bits per heavy atom. The first-order valence-corrected chi connectivity index (χ1v) is 17.5. The number of hydrogen-bond donors (Lipinski definition) is 0. The van der Waals surface area contributed by atoms with Crippen LogP contribution in [-0.2, 0) is 31.1 Å². The fourth-order valence-electron chi connectivity index (χ4n) is 6.20. The molecule has 2 aliphatic rings. The Bertz CT molecular complexity index is 1360. The molecule has 0 unspecified atom stereocenters. The van der Waals surface area contributed by atoms with Crippen molar-refractivity contribution in [1.82, 2.24) is 0 Å². The Morgan fingerprint density at radius 1 is 0.650 bits per heavy atom. The second-order valence-electron chi connectivity index (χ2n) is 13.8. The molecule has 0 heterocycles. The maximum Gasteiger partial charge on any atom is 0.339 e.